The Hall–Kier alpha value is -0.610. The predicted molar refractivity (Wildman–Crippen MR) is 47.0 cm³/mol. The predicted octanol–water partition coefficient (Wildman–Crippen LogP) is 1.81. The van der Waals surface area contributed by atoms with Gasteiger partial charge in [-0.05, 0) is 18.0 Å². The molecule has 0 atom stereocenters. The van der Waals surface area contributed by atoms with Crippen LogP contribution in [0.4, 0.5) is 0 Å². The van der Waals surface area contributed by atoms with E-state index in [1.165, 1.54) is 0 Å². The summed E-state index contributed by atoms with van der Waals surface area (Å²) >= 11 is 4.80. The molecule has 5 heteroatoms. The first-order chi connectivity index (χ1) is 6.18. The molecule has 13 heavy (non-hydrogen) atoms. The Morgan fingerprint density at radius 3 is 2.46 bits per heavy atom. The van der Waals surface area contributed by atoms with E-state index in [1.54, 1.807) is 0 Å². The summed E-state index contributed by atoms with van der Waals surface area (Å²) in [5.74, 6) is -1.17. The van der Waals surface area contributed by atoms with E-state index in [-0.39, 0.29) is 0 Å². The van der Waals surface area contributed by atoms with E-state index in [2.05, 4.69) is 16.7 Å². The standard InChI is InChI=1S/C8H13ClO4/c1-2-3-4-5-6-12-13-8(11)7(9)10/h2-6H2,1H3. The third-order valence-corrected chi connectivity index (χ3v) is 1.53. The first-order valence-electron chi connectivity index (χ1n) is 4.21. The van der Waals surface area contributed by atoms with Crippen molar-refractivity contribution in [2.45, 2.75) is 32.6 Å². The lowest BCUT2D eigenvalue weighted by atomic mass is 10.2. The molecule has 0 amide bonds. The number of hydrogen-bond donors (Lipinski definition) is 0. The Labute approximate surface area is 82.1 Å². The molecule has 4 nitrogen and oxygen atoms in total. The molecule has 0 aliphatic carbocycles. The smallest absolute Gasteiger partial charge is 0.288 e. The van der Waals surface area contributed by atoms with Gasteiger partial charge in [-0.15, -0.1) is 0 Å². The minimum Gasteiger partial charge on any atom is -0.288 e. The molecule has 0 saturated heterocycles. The molecule has 0 aromatic heterocycles. The van der Waals surface area contributed by atoms with Crippen LogP contribution >= 0.6 is 11.6 Å². The van der Waals surface area contributed by atoms with E-state index in [9.17, 15) is 9.59 Å². The van der Waals surface area contributed by atoms with Gasteiger partial charge in [0.05, 0.1) is 6.61 Å². The summed E-state index contributed by atoms with van der Waals surface area (Å²) < 4.78 is 0. The summed E-state index contributed by atoms with van der Waals surface area (Å²) in [7, 11) is 0. The molecular formula is C8H13ClO4. The van der Waals surface area contributed by atoms with Crippen LogP contribution < -0.4 is 0 Å². The Bertz CT molecular complexity index is 170. The van der Waals surface area contributed by atoms with Crippen LogP contribution in [0.15, 0.2) is 0 Å². The molecule has 0 aromatic carbocycles. The van der Waals surface area contributed by atoms with Crippen molar-refractivity contribution in [1.82, 2.24) is 0 Å². The average Bonchev–Trinajstić information content (AvgIpc) is 2.10. The lowest BCUT2D eigenvalue weighted by molar-refractivity contribution is -0.268. The van der Waals surface area contributed by atoms with Crippen molar-refractivity contribution in [3.63, 3.8) is 0 Å². The van der Waals surface area contributed by atoms with Crippen LogP contribution in [0.3, 0.4) is 0 Å². The van der Waals surface area contributed by atoms with Crippen LogP contribution in [0.2, 0.25) is 0 Å². The van der Waals surface area contributed by atoms with Gasteiger partial charge in [-0.2, -0.15) is 4.89 Å². The largest absolute Gasteiger partial charge is 0.424 e. The normalized spacial score (nSPS) is 9.69. The van der Waals surface area contributed by atoms with Gasteiger partial charge >= 0.3 is 11.2 Å². The highest BCUT2D eigenvalue weighted by molar-refractivity contribution is 6.80. The van der Waals surface area contributed by atoms with Gasteiger partial charge < -0.3 is 0 Å². The van der Waals surface area contributed by atoms with Crippen molar-refractivity contribution in [1.29, 1.82) is 0 Å². The molecule has 0 spiro atoms. The molecule has 0 radical (unpaired) electrons. The summed E-state index contributed by atoms with van der Waals surface area (Å²) in [6, 6.07) is 0. The molecule has 0 heterocycles. The molecule has 0 aliphatic heterocycles. The summed E-state index contributed by atoms with van der Waals surface area (Å²) in [4.78, 5) is 29.0. The quantitative estimate of drug-likeness (QED) is 0.211. The van der Waals surface area contributed by atoms with E-state index in [0.29, 0.717) is 6.61 Å². The topological polar surface area (TPSA) is 52.6 Å². The molecule has 0 aromatic rings. The molecule has 0 rings (SSSR count). The van der Waals surface area contributed by atoms with Crippen molar-refractivity contribution >= 4 is 22.8 Å². The van der Waals surface area contributed by atoms with Crippen LogP contribution in [-0.2, 0) is 19.4 Å². The fourth-order valence-corrected chi connectivity index (χ4v) is 0.747. The second-order valence-corrected chi connectivity index (χ2v) is 2.87. The highest BCUT2D eigenvalue weighted by Crippen LogP contribution is 1.99. The average molecular weight is 209 g/mol. The number of carbonyl (C=O) groups is 2. The molecule has 0 saturated carbocycles. The van der Waals surface area contributed by atoms with Crippen molar-refractivity contribution in [2.24, 2.45) is 0 Å². The van der Waals surface area contributed by atoms with Gasteiger partial charge in [0.2, 0.25) is 0 Å². The van der Waals surface area contributed by atoms with E-state index in [0.717, 1.165) is 25.7 Å². The maximum absolute atomic E-state index is 10.4. The summed E-state index contributed by atoms with van der Waals surface area (Å²) in [5.41, 5.74) is 0. The number of carbonyl (C=O) groups excluding carboxylic acids is 2. The van der Waals surface area contributed by atoms with E-state index < -0.39 is 11.2 Å². The summed E-state index contributed by atoms with van der Waals surface area (Å²) in [6.45, 7) is 2.39. The van der Waals surface area contributed by atoms with E-state index in [4.69, 9.17) is 11.6 Å². The maximum Gasteiger partial charge on any atom is 0.424 e. The van der Waals surface area contributed by atoms with Crippen molar-refractivity contribution in [2.75, 3.05) is 6.61 Å². The number of hydrogen-bond acceptors (Lipinski definition) is 4. The van der Waals surface area contributed by atoms with Gasteiger partial charge in [0, 0.05) is 0 Å². The first-order valence-corrected chi connectivity index (χ1v) is 4.59. The number of halogens is 1. The third-order valence-electron chi connectivity index (χ3n) is 1.38. The van der Waals surface area contributed by atoms with Gasteiger partial charge in [-0.1, -0.05) is 26.2 Å². The van der Waals surface area contributed by atoms with Crippen LogP contribution in [-0.4, -0.2) is 17.8 Å². The second-order valence-electron chi connectivity index (χ2n) is 2.53. The van der Waals surface area contributed by atoms with E-state index >= 15 is 0 Å². The van der Waals surface area contributed by atoms with Gasteiger partial charge in [-0.25, -0.2) is 4.79 Å². The van der Waals surface area contributed by atoms with Gasteiger partial charge in [0.1, 0.15) is 0 Å². The van der Waals surface area contributed by atoms with Crippen molar-refractivity contribution < 1.29 is 19.4 Å². The van der Waals surface area contributed by atoms with Gasteiger partial charge in [0.15, 0.2) is 0 Å². The number of unbranched alkanes of at least 4 members (excludes halogenated alkanes) is 3. The fraction of sp³-hybridized carbons (Fsp3) is 0.750. The summed E-state index contributed by atoms with van der Waals surface area (Å²) in [6.07, 6.45) is 4.06. The van der Waals surface area contributed by atoms with Crippen LogP contribution in [0.1, 0.15) is 32.6 Å². The van der Waals surface area contributed by atoms with Gasteiger partial charge in [-0.3, -0.25) is 9.68 Å². The molecule has 0 N–H and O–H groups in total. The SMILES string of the molecule is CCCCCCOOC(=O)C(=O)Cl. The minimum absolute atomic E-state index is 0.301. The lowest BCUT2D eigenvalue weighted by Gasteiger charge is -2.00. The Kier molecular flexibility index (Phi) is 7.63. The molecular weight excluding hydrogens is 196 g/mol. The second kappa shape index (κ2) is 8.01. The zero-order valence-corrected chi connectivity index (χ0v) is 8.30. The third kappa shape index (κ3) is 7.74. The Balaban J connectivity index is 3.16. The molecule has 0 unspecified atom stereocenters. The molecule has 0 aliphatic rings. The highest BCUT2D eigenvalue weighted by Gasteiger charge is 2.12. The monoisotopic (exact) mass is 208 g/mol. The number of rotatable bonds is 7. The molecule has 0 fully saturated rings. The van der Waals surface area contributed by atoms with Crippen LogP contribution in [0, 0.1) is 0 Å². The van der Waals surface area contributed by atoms with Crippen molar-refractivity contribution in [3.8, 4) is 0 Å². The molecule has 0 bridgehead atoms. The molecule has 76 valence electrons. The van der Waals surface area contributed by atoms with Crippen LogP contribution in [0.5, 0.6) is 0 Å². The highest BCUT2D eigenvalue weighted by atomic mass is 35.5. The van der Waals surface area contributed by atoms with Crippen molar-refractivity contribution in [3.05, 3.63) is 0 Å². The zero-order chi connectivity index (χ0) is 10.1. The van der Waals surface area contributed by atoms with E-state index in [1.807, 2.05) is 0 Å². The van der Waals surface area contributed by atoms with Gasteiger partial charge in [0.25, 0.3) is 0 Å². The first kappa shape index (κ1) is 12.4. The zero-order valence-electron chi connectivity index (χ0n) is 7.55. The summed E-state index contributed by atoms with van der Waals surface area (Å²) in [5, 5.41) is -1.17. The van der Waals surface area contributed by atoms with Crippen LogP contribution in [0.25, 0.3) is 0 Å². The maximum atomic E-state index is 10.4. The lowest BCUT2D eigenvalue weighted by Crippen LogP contribution is -2.12. The Morgan fingerprint density at radius 1 is 1.23 bits per heavy atom. The minimum atomic E-state index is -1.17. The fourth-order valence-electron chi connectivity index (χ4n) is 0.716. The Morgan fingerprint density at radius 2 is 1.92 bits per heavy atom.